The number of aliphatic hydroxyl groups excluding tert-OH is 1. The molecular weight excluding hydrogens is 531 g/mol. The van der Waals surface area contributed by atoms with Gasteiger partial charge < -0.3 is 5.11 Å². The van der Waals surface area contributed by atoms with Gasteiger partial charge in [0.25, 0.3) is 0 Å². The van der Waals surface area contributed by atoms with E-state index in [1.807, 2.05) is 32.3 Å². The smallest absolute Gasteiger partial charge is 0.0319 e. The molecule has 4 rings (SSSR count). The number of hydrogen-bond donors (Lipinski definition) is 2. The molecule has 142 valence electrons. The maximum atomic E-state index is 7.00. The Hall–Kier alpha value is -0.888. The molecule has 10 heteroatoms. The molecule has 3 atom stereocenters. The zero-order valence-electron chi connectivity index (χ0n) is 15.8. The van der Waals surface area contributed by atoms with Crippen LogP contribution in [0.5, 0.6) is 0 Å². The Bertz CT molecular complexity index is 711. The van der Waals surface area contributed by atoms with Crippen molar-refractivity contribution in [1.82, 2.24) is 19.5 Å². The molecule has 0 aromatic carbocycles. The average molecular weight is 557 g/mol. The van der Waals surface area contributed by atoms with Gasteiger partial charge in [-0.2, -0.15) is 0 Å². The minimum atomic E-state index is -0.544. The van der Waals surface area contributed by atoms with E-state index in [4.69, 9.17) is 19.3 Å². The van der Waals surface area contributed by atoms with Crippen LogP contribution in [0.4, 0.5) is 5.82 Å². The molecule has 9 nitrogen and oxygen atoms in total. The van der Waals surface area contributed by atoms with E-state index in [0.717, 1.165) is 30.5 Å². The molecule has 0 aliphatic carbocycles. The first-order valence-electron chi connectivity index (χ1n) is 8.63. The fourth-order valence-electron chi connectivity index (χ4n) is 3.08. The van der Waals surface area contributed by atoms with Crippen molar-refractivity contribution < 1.29 is 19.3 Å². The van der Waals surface area contributed by atoms with Gasteiger partial charge in [-0.3, -0.25) is 0 Å². The molecule has 2 saturated heterocycles. The van der Waals surface area contributed by atoms with E-state index in [2.05, 4.69) is 18.1 Å². The average Bonchev–Trinajstić information content (AvgIpc) is 3.23. The van der Waals surface area contributed by atoms with Crippen molar-refractivity contribution in [2.75, 3.05) is 16.8 Å². The summed E-state index contributed by atoms with van der Waals surface area (Å²) in [5.41, 5.74) is 1.56. The van der Waals surface area contributed by atoms with Crippen molar-refractivity contribution >= 4 is 43.0 Å². The van der Waals surface area contributed by atoms with Gasteiger partial charge in [0.15, 0.2) is 0 Å². The number of nitrogens with zero attached hydrogens (tertiary/aromatic N) is 4. The van der Waals surface area contributed by atoms with Crippen molar-refractivity contribution in [3.05, 3.63) is 12.7 Å². The van der Waals surface area contributed by atoms with Crippen LogP contribution < -0.4 is 3.13 Å². The number of rotatable bonds is 2. The topological polar surface area (TPSA) is 104 Å². The Balaban J connectivity index is 0.000000570. The molecule has 2 N–H and O–H groups in total. The standard InChI is InChI=1S/C13H16N5O3.C2H6.CH4O.Tl/c1-13(2)20-7-3-9(19-4-8(7)21-13)18-6-17-10-11(14)15-5-16-12(10)18;2*1-2;/h5-9H,3-4H2,1-2H3,(H-,14,15,16);1-2H3;2H,1H3;/q-1;;;+1. The third kappa shape index (κ3) is 4.33. The summed E-state index contributed by atoms with van der Waals surface area (Å²) in [5.74, 6) is 0.237. The summed E-state index contributed by atoms with van der Waals surface area (Å²) in [6, 6.07) is 0. The van der Waals surface area contributed by atoms with Gasteiger partial charge in [0, 0.05) is 7.11 Å². The number of ether oxygens (including phenoxy) is 3. The van der Waals surface area contributed by atoms with E-state index < -0.39 is 5.79 Å². The normalized spacial score (nSPS) is 26.1. The third-order valence-electron chi connectivity index (χ3n) is 3.98. The van der Waals surface area contributed by atoms with Crippen LogP contribution in [0.3, 0.4) is 0 Å². The molecular formula is C16H26N5O4Tl. The second-order valence-corrected chi connectivity index (χ2v) is 7.05. The van der Waals surface area contributed by atoms with Gasteiger partial charge in [-0.05, 0) is 0 Å². The fraction of sp³-hybridized carbons (Fsp3) is 0.688. The number of nitrogens with one attached hydrogen (secondary N) is 1. The minimum Gasteiger partial charge on any atom is -0.400 e. The van der Waals surface area contributed by atoms with E-state index >= 15 is 0 Å². The third-order valence-corrected chi connectivity index (χ3v) is 5.04. The van der Waals surface area contributed by atoms with Gasteiger partial charge in [-0.15, -0.1) is 0 Å². The zero-order valence-corrected chi connectivity index (χ0v) is 20.3. The summed E-state index contributed by atoms with van der Waals surface area (Å²) < 4.78 is 22.9. The molecule has 0 spiro atoms. The molecule has 0 saturated carbocycles. The van der Waals surface area contributed by atoms with Crippen molar-refractivity contribution in [3.8, 4) is 0 Å². The van der Waals surface area contributed by atoms with Crippen LogP contribution in [0.15, 0.2) is 12.7 Å². The van der Waals surface area contributed by atoms with Crippen molar-refractivity contribution in [1.29, 1.82) is 0 Å². The van der Waals surface area contributed by atoms with Crippen LogP contribution >= 0.6 is 0 Å². The van der Waals surface area contributed by atoms with Crippen LogP contribution in [-0.2, 0) is 14.2 Å². The maximum Gasteiger partial charge on any atom is 0.0319 e. The monoisotopic (exact) mass is 557 g/mol. The Labute approximate surface area is 169 Å². The molecule has 0 radical (unpaired) electrons. The molecule has 0 bridgehead atoms. The summed E-state index contributed by atoms with van der Waals surface area (Å²) in [5, 5.41) is 7.00. The Morgan fingerprint density at radius 3 is 2.58 bits per heavy atom. The van der Waals surface area contributed by atoms with Crippen LogP contribution in [0.2, 0.25) is 0 Å². The second kappa shape index (κ2) is 9.35. The van der Waals surface area contributed by atoms with Gasteiger partial charge in [-0.25, -0.2) is 0 Å². The van der Waals surface area contributed by atoms with Gasteiger partial charge in [0.05, 0.1) is 0 Å². The van der Waals surface area contributed by atoms with E-state index in [9.17, 15) is 0 Å². The first-order chi connectivity index (χ1) is 12.6. The van der Waals surface area contributed by atoms with Crippen LogP contribution in [0, 0.1) is 0 Å². The van der Waals surface area contributed by atoms with Crippen LogP contribution in [0.25, 0.3) is 11.2 Å². The van der Waals surface area contributed by atoms with Gasteiger partial charge in [0.2, 0.25) is 0 Å². The zero-order chi connectivity index (χ0) is 19.3. The van der Waals surface area contributed by atoms with Crippen LogP contribution in [-0.4, -0.2) is 82.4 Å². The molecule has 2 aromatic rings. The molecule has 3 unspecified atom stereocenters. The molecule has 2 aliphatic heterocycles. The molecule has 2 aromatic heterocycles. The Morgan fingerprint density at radius 2 is 1.88 bits per heavy atom. The van der Waals surface area contributed by atoms with Crippen molar-refractivity contribution in [3.63, 3.8) is 0 Å². The molecule has 2 aliphatic rings. The summed E-state index contributed by atoms with van der Waals surface area (Å²) in [6.07, 6.45) is 3.91. The Kier molecular flexibility index (Phi) is 7.70. The van der Waals surface area contributed by atoms with Crippen molar-refractivity contribution in [2.24, 2.45) is 0 Å². The van der Waals surface area contributed by atoms with Crippen LogP contribution in [0.1, 0.15) is 40.3 Å². The SMILES string of the molecule is CC.CC1(C)OC2COC(n3cnc4c([NH][Tl])ncnc43)CC2O1.CO. The maximum absolute atomic E-state index is 7.00. The largest absolute Gasteiger partial charge is 0.400 e. The van der Waals surface area contributed by atoms with E-state index in [1.54, 1.807) is 12.7 Å². The summed E-state index contributed by atoms with van der Waals surface area (Å²) in [6.45, 7) is 8.38. The number of aromatic nitrogens is 4. The molecule has 0 amide bonds. The predicted octanol–water partition coefficient (Wildman–Crippen LogP) is 1.40. The van der Waals surface area contributed by atoms with Gasteiger partial charge in [0.1, 0.15) is 0 Å². The summed E-state index contributed by atoms with van der Waals surface area (Å²) in [7, 11) is 1.00. The molecule has 4 heterocycles. The number of imidazole rings is 1. The first-order valence-corrected chi connectivity index (χ1v) is 10.9. The number of anilines is 1. The Morgan fingerprint density at radius 1 is 1.19 bits per heavy atom. The summed E-state index contributed by atoms with van der Waals surface area (Å²) >= 11 is 0.603. The fourth-order valence-corrected chi connectivity index (χ4v) is 3.91. The van der Waals surface area contributed by atoms with E-state index in [1.165, 1.54) is 0 Å². The van der Waals surface area contributed by atoms with E-state index in [-0.39, 0.29) is 18.4 Å². The number of fused-ring (bicyclic) bond motifs is 2. The second-order valence-electron chi connectivity index (χ2n) is 5.93. The predicted molar refractivity (Wildman–Crippen MR) is 97.6 cm³/mol. The van der Waals surface area contributed by atoms with E-state index in [0.29, 0.717) is 32.7 Å². The quantitative estimate of drug-likeness (QED) is 0.535. The van der Waals surface area contributed by atoms with Gasteiger partial charge >= 0.3 is 144 Å². The molecule has 26 heavy (non-hydrogen) atoms. The minimum absolute atomic E-state index is 0.00395. The molecule has 2 fully saturated rings. The number of hydrogen-bond acceptors (Lipinski definition) is 8. The number of aliphatic hydroxyl groups is 1. The van der Waals surface area contributed by atoms with Gasteiger partial charge in [-0.1, -0.05) is 13.8 Å². The first kappa shape index (κ1) is 21.4. The van der Waals surface area contributed by atoms with Crippen molar-refractivity contribution in [2.45, 2.75) is 58.3 Å². The summed E-state index contributed by atoms with van der Waals surface area (Å²) in [4.78, 5) is 13.0.